The monoisotopic (exact) mass is 380 g/mol. The zero-order valence-corrected chi connectivity index (χ0v) is 15.1. The number of rotatable bonds is 7. The number of hydrogen-bond acceptors (Lipinski definition) is 5. The first-order valence-corrected chi connectivity index (χ1v) is 8.89. The van der Waals surface area contributed by atoms with Crippen molar-refractivity contribution in [3.8, 4) is 5.75 Å². The van der Waals surface area contributed by atoms with Crippen LogP contribution in [0.2, 0.25) is 0 Å². The van der Waals surface area contributed by atoms with Crippen LogP contribution in [0, 0.1) is 17.6 Å². The molecular formula is C19H22F2N2O4. The standard InChI is InChI=1S/C19H22F2N2O4/c1-23(8-5-13-6-9-25-10-7-13)19(24)15-11-27-17(22-15)12-26-16-4-2-3-14(20)18(16)21/h2-4,11,13H,5-10,12H2,1H3. The smallest absolute Gasteiger partial charge is 0.275 e. The Hall–Kier alpha value is -2.48. The summed E-state index contributed by atoms with van der Waals surface area (Å²) in [6, 6.07) is 3.64. The van der Waals surface area contributed by atoms with Gasteiger partial charge in [-0.2, -0.15) is 4.39 Å². The molecule has 1 amide bonds. The first-order chi connectivity index (χ1) is 13.0. The number of ether oxygens (including phenoxy) is 2. The van der Waals surface area contributed by atoms with Crippen molar-refractivity contribution in [1.82, 2.24) is 9.88 Å². The Morgan fingerprint density at radius 1 is 1.33 bits per heavy atom. The Balaban J connectivity index is 1.51. The number of nitrogens with zero attached hydrogens (tertiary/aromatic N) is 2. The van der Waals surface area contributed by atoms with Gasteiger partial charge in [0.2, 0.25) is 11.7 Å². The van der Waals surface area contributed by atoms with Gasteiger partial charge in [-0.1, -0.05) is 6.07 Å². The van der Waals surface area contributed by atoms with E-state index in [-0.39, 0.29) is 29.8 Å². The number of benzene rings is 1. The van der Waals surface area contributed by atoms with E-state index in [4.69, 9.17) is 13.9 Å². The third kappa shape index (κ3) is 5.03. The molecule has 0 atom stereocenters. The Morgan fingerprint density at radius 3 is 2.89 bits per heavy atom. The fourth-order valence-corrected chi connectivity index (χ4v) is 2.92. The molecule has 0 saturated carbocycles. The second kappa shape index (κ2) is 8.94. The molecule has 1 aliphatic heterocycles. The van der Waals surface area contributed by atoms with Crippen LogP contribution in [0.1, 0.15) is 35.6 Å². The maximum absolute atomic E-state index is 13.6. The first kappa shape index (κ1) is 19.3. The largest absolute Gasteiger partial charge is 0.481 e. The highest BCUT2D eigenvalue weighted by atomic mass is 19.2. The highest BCUT2D eigenvalue weighted by Gasteiger charge is 2.20. The molecule has 8 heteroatoms. The van der Waals surface area contributed by atoms with Gasteiger partial charge >= 0.3 is 0 Å². The van der Waals surface area contributed by atoms with Gasteiger partial charge in [0, 0.05) is 26.8 Å². The predicted octanol–water partition coefficient (Wildman–Crippen LogP) is 3.42. The Bertz CT molecular complexity index is 775. The molecule has 1 saturated heterocycles. The zero-order chi connectivity index (χ0) is 19.2. The van der Waals surface area contributed by atoms with E-state index in [1.165, 1.54) is 18.4 Å². The van der Waals surface area contributed by atoms with Crippen molar-refractivity contribution in [3.63, 3.8) is 0 Å². The van der Waals surface area contributed by atoms with Crippen molar-refractivity contribution in [2.45, 2.75) is 25.9 Å². The predicted molar refractivity (Wildman–Crippen MR) is 92.3 cm³/mol. The van der Waals surface area contributed by atoms with Crippen LogP contribution in [0.3, 0.4) is 0 Å². The summed E-state index contributed by atoms with van der Waals surface area (Å²) in [5.41, 5.74) is 0.155. The summed E-state index contributed by atoms with van der Waals surface area (Å²) < 4.78 is 42.4. The molecular weight excluding hydrogens is 358 g/mol. The number of carbonyl (C=O) groups is 1. The lowest BCUT2D eigenvalue weighted by atomic mass is 9.96. The van der Waals surface area contributed by atoms with Crippen LogP contribution >= 0.6 is 0 Å². The molecule has 0 N–H and O–H groups in total. The van der Waals surface area contributed by atoms with E-state index in [1.54, 1.807) is 11.9 Å². The van der Waals surface area contributed by atoms with Gasteiger partial charge in [-0.05, 0) is 37.3 Å². The van der Waals surface area contributed by atoms with Crippen molar-refractivity contribution < 1.29 is 27.5 Å². The lowest BCUT2D eigenvalue weighted by molar-refractivity contribution is 0.0582. The van der Waals surface area contributed by atoms with Crippen molar-refractivity contribution >= 4 is 5.91 Å². The quantitative estimate of drug-likeness (QED) is 0.736. The molecule has 6 nitrogen and oxygen atoms in total. The number of carbonyl (C=O) groups excluding carboxylic acids is 1. The first-order valence-electron chi connectivity index (χ1n) is 8.89. The zero-order valence-electron chi connectivity index (χ0n) is 15.1. The molecule has 2 heterocycles. The van der Waals surface area contributed by atoms with Gasteiger partial charge < -0.3 is 18.8 Å². The molecule has 0 aliphatic carbocycles. The minimum atomic E-state index is -1.08. The van der Waals surface area contributed by atoms with E-state index in [9.17, 15) is 13.6 Å². The van der Waals surface area contributed by atoms with E-state index in [0.29, 0.717) is 12.5 Å². The van der Waals surface area contributed by atoms with Crippen LogP contribution in [0.15, 0.2) is 28.9 Å². The fourth-order valence-electron chi connectivity index (χ4n) is 2.92. The summed E-state index contributed by atoms with van der Waals surface area (Å²) >= 11 is 0. The molecule has 3 rings (SSSR count). The molecule has 1 aromatic heterocycles. The average molecular weight is 380 g/mol. The van der Waals surface area contributed by atoms with Gasteiger partial charge in [0.15, 0.2) is 23.9 Å². The second-order valence-corrected chi connectivity index (χ2v) is 6.54. The van der Waals surface area contributed by atoms with Crippen LogP contribution in [0.4, 0.5) is 8.78 Å². The second-order valence-electron chi connectivity index (χ2n) is 6.54. The Kier molecular flexibility index (Phi) is 6.39. The third-order valence-corrected chi connectivity index (χ3v) is 4.60. The lowest BCUT2D eigenvalue weighted by Crippen LogP contribution is -2.30. The molecule has 0 bridgehead atoms. The van der Waals surface area contributed by atoms with Crippen molar-refractivity contribution in [1.29, 1.82) is 0 Å². The van der Waals surface area contributed by atoms with Gasteiger partial charge in [0.1, 0.15) is 6.26 Å². The maximum atomic E-state index is 13.6. The molecule has 0 spiro atoms. The van der Waals surface area contributed by atoms with Gasteiger partial charge in [-0.15, -0.1) is 0 Å². The van der Waals surface area contributed by atoms with E-state index in [1.807, 2.05) is 0 Å². The minimum Gasteiger partial charge on any atom is -0.481 e. The molecule has 0 radical (unpaired) electrons. The van der Waals surface area contributed by atoms with E-state index in [0.717, 1.165) is 38.5 Å². The summed E-state index contributed by atoms with van der Waals surface area (Å²) in [6.45, 7) is 1.97. The lowest BCUT2D eigenvalue weighted by Gasteiger charge is -2.24. The average Bonchev–Trinajstić information content (AvgIpc) is 3.16. The summed E-state index contributed by atoms with van der Waals surface area (Å²) in [4.78, 5) is 18.1. The number of oxazole rings is 1. The van der Waals surface area contributed by atoms with Crippen LogP contribution in [-0.2, 0) is 11.3 Å². The number of hydrogen-bond donors (Lipinski definition) is 0. The fraction of sp³-hybridized carbons (Fsp3) is 0.474. The number of aromatic nitrogens is 1. The van der Waals surface area contributed by atoms with E-state index >= 15 is 0 Å². The van der Waals surface area contributed by atoms with Crippen molar-refractivity contribution in [2.75, 3.05) is 26.8 Å². The molecule has 27 heavy (non-hydrogen) atoms. The number of amides is 1. The molecule has 1 aliphatic rings. The minimum absolute atomic E-state index is 0.111. The normalized spacial score (nSPS) is 14.9. The van der Waals surface area contributed by atoms with E-state index < -0.39 is 11.6 Å². The summed E-state index contributed by atoms with van der Waals surface area (Å²) in [6.07, 6.45) is 4.19. The van der Waals surface area contributed by atoms with Gasteiger partial charge in [-0.3, -0.25) is 4.79 Å². The van der Waals surface area contributed by atoms with Gasteiger partial charge in [0.25, 0.3) is 5.91 Å². The SMILES string of the molecule is CN(CCC1CCOCC1)C(=O)c1coc(COc2cccc(F)c2F)n1. The Labute approximate surface area is 156 Å². The van der Waals surface area contributed by atoms with Crippen LogP contribution in [0.5, 0.6) is 5.75 Å². The molecule has 1 fully saturated rings. The van der Waals surface area contributed by atoms with E-state index in [2.05, 4.69) is 4.98 Å². The molecule has 0 unspecified atom stereocenters. The summed E-state index contributed by atoms with van der Waals surface area (Å²) in [5, 5.41) is 0. The molecule has 2 aromatic rings. The van der Waals surface area contributed by atoms with Gasteiger partial charge in [-0.25, -0.2) is 9.37 Å². The molecule has 1 aromatic carbocycles. The maximum Gasteiger partial charge on any atom is 0.275 e. The van der Waals surface area contributed by atoms with Crippen molar-refractivity contribution in [2.24, 2.45) is 5.92 Å². The number of halogens is 2. The van der Waals surface area contributed by atoms with Crippen molar-refractivity contribution in [3.05, 3.63) is 47.7 Å². The van der Waals surface area contributed by atoms with Gasteiger partial charge in [0.05, 0.1) is 0 Å². The summed E-state index contributed by atoms with van der Waals surface area (Å²) in [7, 11) is 1.72. The van der Waals surface area contributed by atoms with Crippen LogP contribution in [-0.4, -0.2) is 42.6 Å². The third-order valence-electron chi connectivity index (χ3n) is 4.60. The molecule has 146 valence electrons. The topological polar surface area (TPSA) is 64.8 Å². The summed E-state index contributed by atoms with van der Waals surface area (Å²) in [5.74, 6) is -1.89. The van der Waals surface area contributed by atoms with Crippen LogP contribution < -0.4 is 4.74 Å². The highest BCUT2D eigenvalue weighted by Crippen LogP contribution is 2.21. The highest BCUT2D eigenvalue weighted by molar-refractivity contribution is 5.91. The van der Waals surface area contributed by atoms with Crippen LogP contribution in [0.25, 0.3) is 0 Å². The Morgan fingerprint density at radius 2 is 2.11 bits per heavy atom.